The van der Waals surface area contributed by atoms with E-state index < -0.39 is 0 Å². The normalized spacial score (nSPS) is 9.36. The van der Waals surface area contributed by atoms with Gasteiger partial charge in [-0.3, -0.25) is 0 Å². The molecule has 0 radical (unpaired) electrons. The van der Waals surface area contributed by atoms with Gasteiger partial charge in [-0.25, -0.2) is 0 Å². The maximum atomic E-state index is 3.95. The lowest BCUT2D eigenvalue weighted by Crippen LogP contribution is -2.03. The molecule has 0 atom stereocenters. The Kier molecular flexibility index (Phi) is 210. The molecule has 0 spiro atoms. The predicted octanol–water partition coefficient (Wildman–Crippen LogP) is 35.3. The molecule has 0 bridgehead atoms. The quantitative estimate of drug-likeness (QED) is 0.110. The fourth-order valence-electron chi connectivity index (χ4n) is 4.56. The summed E-state index contributed by atoms with van der Waals surface area (Å²) in [5.74, 6) is 14.1. The van der Waals surface area contributed by atoms with Crippen LogP contribution in [-0.2, 0) is 0 Å². The molecule has 0 heterocycles. The average molecular weight is 1270 g/mol. The Hall–Kier alpha value is -2.00. The van der Waals surface area contributed by atoms with Crippen LogP contribution in [0.3, 0.4) is 0 Å². The monoisotopic (exact) mass is 1270 g/mol. The first kappa shape index (κ1) is 135. The summed E-state index contributed by atoms with van der Waals surface area (Å²) in [5, 5.41) is 0. The maximum Gasteiger partial charge on any atom is 0.0146 e. The van der Waals surface area contributed by atoms with Gasteiger partial charge in [-0.05, 0) is 80.0 Å². The summed E-state index contributed by atoms with van der Waals surface area (Å²) in [5.41, 5.74) is 5.96. The van der Waals surface area contributed by atoms with Crippen molar-refractivity contribution in [2.24, 2.45) is 71.0 Å². The first-order valence-electron chi connectivity index (χ1n) is 38.5. The van der Waals surface area contributed by atoms with Crippen molar-refractivity contribution in [3.8, 4) is 11.8 Å². The highest BCUT2D eigenvalue weighted by Gasteiger charge is 2.08. The van der Waals surface area contributed by atoms with Gasteiger partial charge >= 0.3 is 0 Å². The van der Waals surface area contributed by atoms with E-state index in [1.165, 1.54) is 93.8 Å². The van der Waals surface area contributed by atoms with Gasteiger partial charge in [0.1, 0.15) is 0 Å². The molecule has 0 aromatic heterocycles. The minimum atomic E-state index is 0.525. The summed E-state index contributed by atoms with van der Waals surface area (Å²) in [6.45, 7) is 114. The van der Waals surface area contributed by atoms with Gasteiger partial charge in [-0.2, -0.15) is 0 Å². The minimum Gasteiger partial charge on any atom is -0.100 e. The molecule has 0 saturated carbocycles. The van der Waals surface area contributed by atoms with Crippen LogP contribution >= 0.6 is 0 Å². The van der Waals surface area contributed by atoms with Crippen LogP contribution < -0.4 is 0 Å². The molecule has 554 valence electrons. The van der Waals surface area contributed by atoms with E-state index in [2.05, 4.69) is 414 Å². The van der Waals surface area contributed by atoms with Crippen molar-refractivity contribution in [2.45, 2.75) is 430 Å². The van der Waals surface area contributed by atoms with Gasteiger partial charge in [0.25, 0.3) is 0 Å². The Morgan fingerprint density at radius 2 is 0.427 bits per heavy atom. The zero-order valence-corrected chi connectivity index (χ0v) is 74.2. The lowest BCUT2D eigenvalue weighted by Gasteiger charge is -2.17. The first-order chi connectivity index (χ1) is 40.9. The third-order valence-corrected chi connectivity index (χ3v) is 7.46. The summed E-state index contributed by atoms with van der Waals surface area (Å²) in [4.78, 5) is 0. The van der Waals surface area contributed by atoms with E-state index in [9.17, 15) is 0 Å². The van der Waals surface area contributed by atoms with Crippen molar-refractivity contribution in [1.29, 1.82) is 0 Å². The second kappa shape index (κ2) is 138. The molecule has 0 aliphatic rings. The number of rotatable bonds is 11. The molecular formula is C89H198. The van der Waals surface area contributed by atoms with Crippen molar-refractivity contribution >= 4 is 0 Å². The molecule has 0 rings (SSSR count). The van der Waals surface area contributed by atoms with E-state index >= 15 is 0 Å². The van der Waals surface area contributed by atoms with Gasteiger partial charge in [-0.1, -0.05) is 481 Å². The van der Waals surface area contributed by atoms with E-state index in [0.717, 1.165) is 0 Å². The molecule has 0 saturated heterocycles. The van der Waals surface area contributed by atoms with Gasteiger partial charge in [0.2, 0.25) is 0 Å². The molecule has 0 unspecified atom stereocenters. The van der Waals surface area contributed by atoms with E-state index in [0.29, 0.717) is 71.0 Å². The van der Waals surface area contributed by atoms with Crippen molar-refractivity contribution < 1.29 is 0 Å². The Balaban J connectivity index is -0.0000000384. The number of hydrogen-bond acceptors (Lipinski definition) is 0. The SMILES string of the molecule is C/C(=C/C(C)C)C(C)C.C=C(C(C)C)C(C)C.CC(C)/C=C\C(C)C.CC(C)/C=C\C=C/C(C)C.CC(C)=C(C(C)C)C(C)C.CC(C)C#CC(C)C.CCC.CCC.CCC.CCC.CCC.CCC.CCC.CCC.CCC.CCC.CCC.CCC. The predicted molar refractivity (Wildman–Crippen MR) is 446 cm³/mol. The standard InChI is InChI=1S/C10H20.C10H18.C9H18.C8H16.C8H14.C8H16.12C3H8/c1-7(2)10(8(3)4)9(5)6;1-9(2)7-5-6-8-10(3)4;1-7(2)6-9(5)8(3)4;2*1-7(2)5-6-8(3)4;1-6(2)8(5)7(3)4;12*1-3-2/h7-8H,1-6H3;5-10H,1-4H3;6-8H,1-5H3;5-8H,1-4H3;7-8H,1-4H3;6-7H,5H2,1-4H3;12*3H2,1-2H3/b;7-5-,8-6-;9-6-;6-5-;;;;;;;;;;;;;;. The third kappa shape index (κ3) is 328. The van der Waals surface area contributed by atoms with Crippen molar-refractivity contribution in [1.82, 2.24) is 0 Å². The van der Waals surface area contributed by atoms with Crippen LogP contribution in [0.1, 0.15) is 430 Å². The zero-order chi connectivity index (χ0) is 76.1. The molecular weight excluding hydrogens is 1070 g/mol. The number of hydrogen-bond donors (Lipinski definition) is 0. The van der Waals surface area contributed by atoms with Crippen LogP contribution in [0.25, 0.3) is 0 Å². The van der Waals surface area contributed by atoms with Gasteiger partial charge in [0.05, 0.1) is 0 Å². The van der Waals surface area contributed by atoms with Crippen LogP contribution in [0.15, 0.2) is 71.4 Å². The van der Waals surface area contributed by atoms with Gasteiger partial charge in [0.15, 0.2) is 0 Å². The van der Waals surface area contributed by atoms with Crippen LogP contribution in [0.5, 0.6) is 0 Å². The highest BCUT2D eigenvalue weighted by atomic mass is 14.1. The van der Waals surface area contributed by atoms with Crippen molar-refractivity contribution in [2.75, 3.05) is 0 Å². The van der Waals surface area contributed by atoms with Crippen molar-refractivity contribution in [3.05, 3.63) is 71.4 Å². The molecule has 0 aliphatic heterocycles. The fourth-order valence-corrected chi connectivity index (χ4v) is 4.56. The summed E-state index contributed by atoms with van der Waals surface area (Å²) in [6.07, 6.45) is 30.4. The molecule has 0 heteroatoms. The zero-order valence-electron chi connectivity index (χ0n) is 74.2. The fraction of sp³-hybridized carbons (Fsp3) is 0.843. The van der Waals surface area contributed by atoms with Crippen LogP contribution in [-0.4, -0.2) is 0 Å². The molecule has 0 aliphatic carbocycles. The molecule has 0 nitrogen and oxygen atoms in total. The van der Waals surface area contributed by atoms with Crippen LogP contribution in [0, 0.1) is 82.9 Å². The first-order valence-corrected chi connectivity index (χ1v) is 38.5. The summed E-state index contributed by atoms with van der Waals surface area (Å²) >= 11 is 0. The average Bonchev–Trinajstić information content (AvgIpc) is 3.37. The lowest BCUT2D eigenvalue weighted by molar-refractivity contribution is 0.615. The lowest BCUT2D eigenvalue weighted by atomic mass is 9.89. The topological polar surface area (TPSA) is 0 Å². The largest absolute Gasteiger partial charge is 0.100 e. The minimum absolute atomic E-state index is 0.525. The number of allylic oxidation sites excluding steroid dienone is 11. The summed E-state index contributed by atoms with van der Waals surface area (Å²) in [7, 11) is 0. The Labute approximate surface area is 581 Å². The molecule has 0 aromatic carbocycles. The van der Waals surface area contributed by atoms with E-state index in [4.69, 9.17) is 0 Å². The third-order valence-electron chi connectivity index (χ3n) is 7.46. The van der Waals surface area contributed by atoms with E-state index in [1.807, 2.05) is 0 Å². The highest BCUT2D eigenvalue weighted by Crippen LogP contribution is 2.22. The van der Waals surface area contributed by atoms with Gasteiger partial charge in [0, 0.05) is 11.8 Å². The second-order valence-corrected chi connectivity index (χ2v) is 27.2. The van der Waals surface area contributed by atoms with Crippen LogP contribution in [0.4, 0.5) is 0 Å². The Bertz CT molecular complexity index is 1110. The smallest absolute Gasteiger partial charge is 0.0146 e. The van der Waals surface area contributed by atoms with Crippen LogP contribution in [0.2, 0.25) is 0 Å². The Morgan fingerprint density at radius 3 is 0.483 bits per heavy atom. The molecule has 0 aromatic rings. The highest BCUT2D eigenvalue weighted by molar-refractivity contribution is 5.14. The molecule has 0 fully saturated rings. The van der Waals surface area contributed by atoms with Gasteiger partial charge in [-0.15, -0.1) is 11.8 Å². The van der Waals surface area contributed by atoms with E-state index in [1.54, 1.807) is 5.57 Å². The molecule has 0 N–H and O–H groups in total. The maximum absolute atomic E-state index is 3.95. The van der Waals surface area contributed by atoms with Crippen molar-refractivity contribution in [3.63, 3.8) is 0 Å². The molecule has 0 amide bonds. The molecule has 89 heavy (non-hydrogen) atoms. The summed E-state index contributed by atoms with van der Waals surface area (Å²) < 4.78 is 0. The second-order valence-electron chi connectivity index (χ2n) is 27.2. The summed E-state index contributed by atoms with van der Waals surface area (Å²) in [6, 6.07) is 0. The Morgan fingerprint density at radius 1 is 0.258 bits per heavy atom. The van der Waals surface area contributed by atoms with E-state index in [-0.39, 0.29) is 0 Å². The van der Waals surface area contributed by atoms with Gasteiger partial charge < -0.3 is 0 Å².